The molecule has 3 rings (SSSR count). The summed E-state index contributed by atoms with van der Waals surface area (Å²) in [4.78, 5) is 16.6. The molecule has 2 amide bonds. The lowest BCUT2D eigenvalue weighted by Gasteiger charge is -2.33. The number of hydrogen-bond acceptors (Lipinski definition) is 2. The first-order valence-corrected chi connectivity index (χ1v) is 8.11. The van der Waals surface area contributed by atoms with Crippen LogP contribution in [0.2, 0.25) is 0 Å². The number of fused-ring (bicyclic) bond motifs is 1. The van der Waals surface area contributed by atoms with Gasteiger partial charge < -0.3 is 10.2 Å². The molecule has 2 aliphatic rings. The predicted octanol–water partition coefficient (Wildman–Crippen LogP) is 2.24. The first-order chi connectivity index (χ1) is 10.3. The number of nitrogens with one attached hydrogen (secondary N) is 1. The van der Waals surface area contributed by atoms with Gasteiger partial charge in [0.1, 0.15) is 0 Å². The van der Waals surface area contributed by atoms with Crippen molar-refractivity contribution in [2.75, 3.05) is 26.2 Å². The summed E-state index contributed by atoms with van der Waals surface area (Å²) in [5.74, 6) is 0. The second-order valence-electron chi connectivity index (χ2n) is 6.11. The monoisotopic (exact) mass is 287 g/mol. The van der Waals surface area contributed by atoms with E-state index in [1.165, 1.54) is 11.1 Å². The second kappa shape index (κ2) is 6.48. The number of hydrogen-bond donors (Lipinski definition) is 1. The zero-order valence-electron chi connectivity index (χ0n) is 12.8. The first kappa shape index (κ1) is 14.4. The molecule has 1 aromatic carbocycles. The van der Waals surface area contributed by atoms with E-state index in [2.05, 4.69) is 41.4 Å². The molecular formula is C17H25N3O. The largest absolute Gasteiger partial charge is 0.338 e. The highest BCUT2D eigenvalue weighted by Crippen LogP contribution is 2.24. The number of likely N-dealkylation sites (tertiary alicyclic amines) is 1. The van der Waals surface area contributed by atoms with E-state index in [0.29, 0.717) is 6.04 Å². The average molecular weight is 287 g/mol. The molecule has 4 heteroatoms. The van der Waals surface area contributed by atoms with Crippen molar-refractivity contribution in [1.82, 2.24) is 15.1 Å². The summed E-state index contributed by atoms with van der Waals surface area (Å²) in [5, 5.41) is 2.98. The van der Waals surface area contributed by atoms with Gasteiger partial charge in [0.25, 0.3) is 0 Å². The van der Waals surface area contributed by atoms with Crippen LogP contribution in [0.15, 0.2) is 24.3 Å². The summed E-state index contributed by atoms with van der Waals surface area (Å²) in [6.07, 6.45) is 3.22. The van der Waals surface area contributed by atoms with E-state index in [-0.39, 0.29) is 6.03 Å². The summed E-state index contributed by atoms with van der Waals surface area (Å²) in [5.41, 5.74) is 2.95. The average Bonchev–Trinajstić information content (AvgIpc) is 3.02. The van der Waals surface area contributed by atoms with Crippen LogP contribution in [0.3, 0.4) is 0 Å². The van der Waals surface area contributed by atoms with Crippen molar-refractivity contribution in [3.63, 3.8) is 0 Å². The minimum absolute atomic E-state index is 0.108. The molecule has 1 aromatic rings. The molecule has 1 fully saturated rings. The van der Waals surface area contributed by atoms with E-state index < -0.39 is 0 Å². The maximum atomic E-state index is 12.0. The van der Waals surface area contributed by atoms with Gasteiger partial charge in [0.05, 0.1) is 0 Å². The third-order valence-electron chi connectivity index (χ3n) is 4.65. The van der Waals surface area contributed by atoms with Crippen molar-refractivity contribution in [2.24, 2.45) is 0 Å². The van der Waals surface area contributed by atoms with Crippen LogP contribution in [0.4, 0.5) is 4.79 Å². The van der Waals surface area contributed by atoms with Gasteiger partial charge in [-0.15, -0.1) is 0 Å². The summed E-state index contributed by atoms with van der Waals surface area (Å²) < 4.78 is 0. The van der Waals surface area contributed by atoms with Gasteiger partial charge in [-0.2, -0.15) is 0 Å². The Labute approximate surface area is 127 Å². The van der Waals surface area contributed by atoms with Crippen molar-refractivity contribution in [3.05, 3.63) is 35.4 Å². The van der Waals surface area contributed by atoms with Gasteiger partial charge in [0.15, 0.2) is 0 Å². The predicted molar refractivity (Wildman–Crippen MR) is 84.2 cm³/mol. The highest BCUT2D eigenvalue weighted by atomic mass is 16.2. The SMILES string of the molecule is CCCNC(=O)N1CCC(N2CCc3ccccc3C2)C1. The van der Waals surface area contributed by atoms with E-state index in [4.69, 9.17) is 0 Å². The quantitative estimate of drug-likeness (QED) is 0.925. The van der Waals surface area contributed by atoms with Crippen LogP contribution in [0, 0.1) is 0 Å². The fourth-order valence-corrected chi connectivity index (χ4v) is 3.40. The Hall–Kier alpha value is -1.55. The number of nitrogens with zero attached hydrogens (tertiary/aromatic N) is 2. The van der Waals surface area contributed by atoms with Crippen molar-refractivity contribution in [3.8, 4) is 0 Å². The number of benzene rings is 1. The second-order valence-corrected chi connectivity index (χ2v) is 6.11. The standard InChI is InChI=1S/C17H25N3O/c1-2-9-18-17(21)20-11-8-16(13-20)19-10-7-14-5-3-4-6-15(14)12-19/h3-6,16H,2,7-13H2,1H3,(H,18,21). The van der Waals surface area contributed by atoms with Crippen LogP contribution >= 0.6 is 0 Å². The number of amides is 2. The number of urea groups is 1. The summed E-state index contributed by atoms with van der Waals surface area (Å²) in [6, 6.07) is 9.36. The molecule has 0 radical (unpaired) electrons. The van der Waals surface area contributed by atoms with E-state index in [1.807, 2.05) is 4.90 Å². The molecule has 1 saturated heterocycles. The van der Waals surface area contributed by atoms with Crippen molar-refractivity contribution >= 4 is 6.03 Å². The van der Waals surface area contributed by atoms with Crippen molar-refractivity contribution in [1.29, 1.82) is 0 Å². The van der Waals surface area contributed by atoms with Gasteiger partial charge in [0.2, 0.25) is 0 Å². The Morgan fingerprint density at radius 2 is 2.10 bits per heavy atom. The molecule has 0 spiro atoms. The maximum absolute atomic E-state index is 12.0. The van der Waals surface area contributed by atoms with Gasteiger partial charge in [-0.3, -0.25) is 4.90 Å². The highest BCUT2D eigenvalue weighted by Gasteiger charge is 2.31. The minimum atomic E-state index is 0.108. The van der Waals surface area contributed by atoms with Crippen LogP contribution < -0.4 is 5.32 Å². The molecule has 0 bridgehead atoms. The zero-order chi connectivity index (χ0) is 14.7. The van der Waals surface area contributed by atoms with Crippen LogP contribution in [0.1, 0.15) is 30.9 Å². The molecular weight excluding hydrogens is 262 g/mol. The number of carbonyl (C=O) groups excluding carboxylic acids is 1. The lowest BCUT2D eigenvalue weighted by Crippen LogP contribution is -2.43. The van der Waals surface area contributed by atoms with E-state index in [9.17, 15) is 4.79 Å². The normalized spacial score (nSPS) is 22.1. The lowest BCUT2D eigenvalue weighted by atomic mass is 9.98. The highest BCUT2D eigenvalue weighted by molar-refractivity contribution is 5.74. The smallest absolute Gasteiger partial charge is 0.317 e. The van der Waals surface area contributed by atoms with Gasteiger partial charge in [-0.25, -0.2) is 4.79 Å². The van der Waals surface area contributed by atoms with Crippen molar-refractivity contribution < 1.29 is 4.79 Å². The van der Waals surface area contributed by atoms with Crippen LogP contribution in [-0.4, -0.2) is 48.1 Å². The van der Waals surface area contributed by atoms with Gasteiger partial charge >= 0.3 is 6.03 Å². The Morgan fingerprint density at radius 3 is 2.90 bits per heavy atom. The number of rotatable bonds is 3. The Morgan fingerprint density at radius 1 is 1.29 bits per heavy atom. The molecule has 2 heterocycles. The topological polar surface area (TPSA) is 35.6 Å². The third kappa shape index (κ3) is 3.21. The molecule has 21 heavy (non-hydrogen) atoms. The molecule has 2 aliphatic heterocycles. The molecule has 1 atom stereocenters. The molecule has 0 saturated carbocycles. The molecule has 0 aromatic heterocycles. The molecule has 0 aliphatic carbocycles. The van der Waals surface area contributed by atoms with Crippen LogP contribution in [-0.2, 0) is 13.0 Å². The molecule has 114 valence electrons. The van der Waals surface area contributed by atoms with E-state index in [1.54, 1.807) is 0 Å². The summed E-state index contributed by atoms with van der Waals surface area (Å²) >= 11 is 0. The fraction of sp³-hybridized carbons (Fsp3) is 0.588. The Kier molecular flexibility index (Phi) is 4.44. The third-order valence-corrected chi connectivity index (χ3v) is 4.65. The van der Waals surface area contributed by atoms with Gasteiger partial charge in [-0.1, -0.05) is 31.2 Å². The van der Waals surface area contributed by atoms with Crippen molar-refractivity contribution in [2.45, 2.75) is 38.8 Å². The maximum Gasteiger partial charge on any atom is 0.317 e. The molecule has 1 N–H and O–H groups in total. The number of carbonyl (C=O) groups is 1. The minimum Gasteiger partial charge on any atom is -0.338 e. The van der Waals surface area contributed by atoms with E-state index in [0.717, 1.165) is 52.0 Å². The Balaban J connectivity index is 1.56. The lowest BCUT2D eigenvalue weighted by molar-refractivity contribution is 0.173. The van der Waals surface area contributed by atoms with Crippen LogP contribution in [0.5, 0.6) is 0 Å². The summed E-state index contributed by atoms with van der Waals surface area (Å²) in [6.45, 7) is 6.77. The van der Waals surface area contributed by atoms with E-state index >= 15 is 0 Å². The van der Waals surface area contributed by atoms with Gasteiger partial charge in [0, 0.05) is 38.8 Å². The molecule has 4 nitrogen and oxygen atoms in total. The first-order valence-electron chi connectivity index (χ1n) is 8.11. The summed E-state index contributed by atoms with van der Waals surface area (Å²) in [7, 11) is 0. The Bertz CT molecular complexity index is 503. The molecule has 1 unspecified atom stereocenters. The fourth-order valence-electron chi connectivity index (χ4n) is 3.40. The van der Waals surface area contributed by atoms with Gasteiger partial charge in [-0.05, 0) is 30.4 Å². The zero-order valence-corrected chi connectivity index (χ0v) is 12.8. The van der Waals surface area contributed by atoms with Crippen LogP contribution in [0.25, 0.3) is 0 Å².